The van der Waals surface area contributed by atoms with Gasteiger partial charge >= 0.3 is 0 Å². The first kappa shape index (κ1) is 15.0. The first-order chi connectivity index (χ1) is 10.3. The third-order valence-electron chi connectivity index (χ3n) is 8.64. The summed E-state index contributed by atoms with van der Waals surface area (Å²) in [6.07, 6.45) is 12.3. The SMILES string of the molecule is C=C1C=C2CC[C@@H]3[C@H](CC[C@@]4(C)[C@H]3CC[C@]4(C)O)[C@@]2(C)CC1. The van der Waals surface area contributed by atoms with E-state index in [9.17, 15) is 5.11 Å². The van der Waals surface area contributed by atoms with Gasteiger partial charge in [0, 0.05) is 0 Å². The first-order valence-corrected chi connectivity index (χ1v) is 9.39. The maximum absolute atomic E-state index is 10.9. The van der Waals surface area contributed by atoms with Gasteiger partial charge in [0.25, 0.3) is 0 Å². The predicted molar refractivity (Wildman–Crippen MR) is 91.5 cm³/mol. The van der Waals surface area contributed by atoms with Crippen molar-refractivity contribution < 1.29 is 5.11 Å². The van der Waals surface area contributed by atoms with Crippen LogP contribution in [0.5, 0.6) is 0 Å². The van der Waals surface area contributed by atoms with E-state index in [-0.39, 0.29) is 5.41 Å². The van der Waals surface area contributed by atoms with Gasteiger partial charge in [-0.05, 0) is 86.9 Å². The third kappa shape index (κ3) is 1.75. The molecule has 4 rings (SSSR count). The third-order valence-corrected chi connectivity index (χ3v) is 8.64. The number of rotatable bonds is 0. The van der Waals surface area contributed by atoms with Gasteiger partial charge in [0.2, 0.25) is 0 Å². The monoisotopic (exact) mass is 300 g/mol. The molecule has 0 spiro atoms. The summed E-state index contributed by atoms with van der Waals surface area (Å²) in [6, 6.07) is 0. The Kier molecular flexibility index (Phi) is 3.07. The van der Waals surface area contributed by atoms with Crippen LogP contribution >= 0.6 is 0 Å². The summed E-state index contributed by atoms with van der Waals surface area (Å²) in [4.78, 5) is 0. The highest BCUT2D eigenvalue weighted by molar-refractivity contribution is 5.33. The summed E-state index contributed by atoms with van der Waals surface area (Å²) in [5, 5.41) is 10.9. The number of fused-ring (bicyclic) bond motifs is 5. The van der Waals surface area contributed by atoms with E-state index in [1.54, 1.807) is 5.57 Å². The van der Waals surface area contributed by atoms with Crippen molar-refractivity contribution in [3.63, 3.8) is 0 Å². The second-order valence-corrected chi connectivity index (χ2v) is 9.43. The van der Waals surface area contributed by atoms with Gasteiger partial charge < -0.3 is 5.11 Å². The average Bonchev–Trinajstić information content (AvgIpc) is 2.70. The summed E-state index contributed by atoms with van der Waals surface area (Å²) in [5.74, 6) is 2.42. The molecule has 3 saturated carbocycles. The zero-order chi connectivity index (χ0) is 15.8. The fraction of sp³-hybridized carbons (Fsp3) is 0.810. The summed E-state index contributed by atoms with van der Waals surface area (Å²) in [6.45, 7) is 11.2. The number of aliphatic hydroxyl groups is 1. The maximum Gasteiger partial charge on any atom is 0.0675 e. The van der Waals surface area contributed by atoms with Crippen molar-refractivity contribution in [2.24, 2.45) is 28.6 Å². The Labute approximate surface area is 135 Å². The second-order valence-electron chi connectivity index (χ2n) is 9.43. The van der Waals surface area contributed by atoms with Crippen molar-refractivity contribution in [3.8, 4) is 0 Å². The second kappa shape index (κ2) is 4.50. The summed E-state index contributed by atoms with van der Waals surface area (Å²) >= 11 is 0. The predicted octanol–water partition coefficient (Wildman–Crippen LogP) is 5.26. The van der Waals surface area contributed by atoms with Crippen LogP contribution in [0.25, 0.3) is 0 Å². The lowest BCUT2D eigenvalue weighted by molar-refractivity contribution is -0.117. The molecule has 0 bridgehead atoms. The number of allylic oxidation sites excluding steroid dienone is 3. The number of hydrogen-bond acceptors (Lipinski definition) is 1. The minimum atomic E-state index is -0.444. The van der Waals surface area contributed by atoms with Gasteiger partial charge in [0.05, 0.1) is 5.60 Å². The molecule has 0 radical (unpaired) electrons. The van der Waals surface area contributed by atoms with Crippen LogP contribution in [-0.2, 0) is 0 Å². The molecular weight excluding hydrogens is 268 g/mol. The van der Waals surface area contributed by atoms with Crippen LogP contribution in [0.1, 0.15) is 72.1 Å². The molecule has 6 atom stereocenters. The molecule has 0 aliphatic heterocycles. The van der Waals surface area contributed by atoms with Crippen LogP contribution in [0.2, 0.25) is 0 Å². The lowest BCUT2D eigenvalue weighted by Gasteiger charge is -2.59. The molecule has 122 valence electrons. The summed E-state index contributed by atoms with van der Waals surface area (Å²) in [5.41, 5.74) is 3.17. The minimum absolute atomic E-state index is 0.157. The van der Waals surface area contributed by atoms with Gasteiger partial charge in [0.15, 0.2) is 0 Å². The Hall–Kier alpha value is -0.560. The largest absolute Gasteiger partial charge is 0.390 e. The van der Waals surface area contributed by atoms with Gasteiger partial charge in [0.1, 0.15) is 0 Å². The van der Waals surface area contributed by atoms with Crippen molar-refractivity contribution >= 4 is 0 Å². The van der Waals surface area contributed by atoms with E-state index >= 15 is 0 Å². The standard InChI is InChI=1S/C21H32O/c1-14-7-10-19(2)15(13-14)5-6-16-17(19)8-11-20(3)18(16)9-12-21(20,4)22/h13,16-18,22H,1,5-12H2,2-4H3/t16-,17+,18+,19+,20+,21+/m1/s1. The normalized spacial score (nSPS) is 54.3. The maximum atomic E-state index is 10.9. The van der Waals surface area contributed by atoms with Crippen molar-refractivity contribution in [1.82, 2.24) is 0 Å². The van der Waals surface area contributed by atoms with E-state index in [2.05, 4.69) is 33.4 Å². The van der Waals surface area contributed by atoms with E-state index in [0.29, 0.717) is 5.41 Å². The molecular formula is C21H32O. The van der Waals surface area contributed by atoms with Crippen molar-refractivity contribution in [2.45, 2.75) is 77.7 Å². The molecule has 4 aliphatic rings. The van der Waals surface area contributed by atoms with E-state index in [1.165, 1.54) is 50.5 Å². The van der Waals surface area contributed by atoms with Crippen molar-refractivity contribution in [2.75, 3.05) is 0 Å². The zero-order valence-corrected chi connectivity index (χ0v) is 14.6. The Morgan fingerprint density at radius 2 is 1.73 bits per heavy atom. The van der Waals surface area contributed by atoms with Crippen molar-refractivity contribution in [3.05, 3.63) is 23.8 Å². The van der Waals surface area contributed by atoms with Gasteiger partial charge in [-0.2, -0.15) is 0 Å². The Morgan fingerprint density at radius 1 is 1.00 bits per heavy atom. The molecule has 0 aromatic carbocycles. The number of hydrogen-bond donors (Lipinski definition) is 1. The molecule has 0 aromatic heterocycles. The highest BCUT2D eigenvalue weighted by atomic mass is 16.3. The van der Waals surface area contributed by atoms with Crippen LogP contribution in [-0.4, -0.2) is 10.7 Å². The van der Waals surface area contributed by atoms with E-state index < -0.39 is 5.60 Å². The fourth-order valence-electron chi connectivity index (χ4n) is 6.89. The molecule has 4 aliphatic carbocycles. The molecule has 1 heteroatoms. The fourth-order valence-corrected chi connectivity index (χ4v) is 6.89. The topological polar surface area (TPSA) is 20.2 Å². The molecule has 0 saturated heterocycles. The first-order valence-electron chi connectivity index (χ1n) is 9.39. The van der Waals surface area contributed by atoms with E-state index in [0.717, 1.165) is 24.2 Å². The van der Waals surface area contributed by atoms with Crippen LogP contribution in [0.4, 0.5) is 0 Å². The lowest BCUT2D eigenvalue weighted by Crippen LogP contribution is -2.53. The Bertz CT molecular complexity index is 542. The van der Waals surface area contributed by atoms with Crippen LogP contribution < -0.4 is 0 Å². The molecule has 0 amide bonds. The van der Waals surface area contributed by atoms with Crippen molar-refractivity contribution in [1.29, 1.82) is 0 Å². The van der Waals surface area contributed by atoms with Crippen LogP contribution in [0.15, 0.2) is 23.8 Å². The zero-order valence-electron chi connectivity index (χ0n) is 14.6. The molecule has 0 unspecified atom stereocenters. The van der Waals surface area contributed by atoms with Gasteiger partial charge in [-0.3, -0.25) is 0 Å². The quantitative estimate of drug-likeness (QED) is 0.647. The van der Waals surface area contributed by atoms with Gasteiger partial charge in [-0.25, -0.2) is 0 Å². The average molecular weight is 300 g/mol. The molecule has 22 heavy (non-hydrogen) atoms. The molecule has 1 N–H and O–H groups in total. The summed E-state index contributed by atoms with van der Waals surface area (Å²) in [7, 11) is 0. The van der Waals surface area contributed by atoms with Gasteiger partial charge in [-0.15, -0.1) is 0 Å². The molecule has 0 heterocycles. The van der Waals surface area contributed by atoms with Crippen LogP contribution in [0.3, 0.4) is 0 Å². The van der Waals surface area contributed by atoms with E-state index in [1.807, 2.05) is 0 Å². The Balaban J connectivity index is 1.70. The Morgan fingerprint density at radius 3 is 2.50 bits per heavy atom. The minimum Gasteiger partial charge on any atom is -0.390 e. The van der Waals surface area contributed by atoms with Crippen LogP contribution in [0, 0.1) is 28.6 Å². The lowest BCUT2D eigenvalue weighted by atomic mass is 9.46. The summed E-state index contributed by atoms with van der Waals surface area (Å²) < 4.78 is 0. The smallest absolute Gasteiger partial charge is 0.0675 e. The highest BCUT2D eigenvalue weighted by Gasteiger charge is 2.62. The van der Waals surface area contributed by atoms with E-state index in [4.69, 9.17) is 0 Å². The van der Waals surface area contributed by atoms with Gasteiger partial charge in [-0.1, -0.05) is 37.6 Å². The highest BCUT2D eigenvalue weighted by Crippen LogP contribution is 2.67. The molecule has 3 fully saturated rings. The molecule has 1 nitrogen and oxygen atoms in total. The molecule has 0 aromatic rings.